The molecule has 2 aromatic rings. The molecule has 0 radical (unpaired) electrons. The van der Waals surface area contributed by atoms with E-state index < -0.39 is 0 Å². The van der Waals surface area contributed by atoms with Crippen molar-refractivity contribution in [3.8, 4) is 10.6 Å². The molecule has 90 valence electrons. The Balaban J connectivity index is 2.37. The normalized spacial score (nSPS) is 12.7. The maximum atomic E-state index is 13.7. The molecule has 1 aromatic heterocycles. The average Bonchev–Trinajstić information content (AvgIpc) is 2.77. The second kappa shape index (κ2) is 5.25. The van der Waals surface area contributed by atoms with E-state index in [2.05, 4.69) is 26.2 Å². The van der Waals surface area contributed by atoms with E-state index in [9.17, 15) is 4.39 Å². The zero-order chi connectivity index (χ0) is 12.4. The third kappa shape index (κ3) is 2.73. The Morgan fingerprint density at radius 3 is 2.88 bits per heavy atom. The summed E-state index contributed by atoms with van der Waals surface area (Å²) in [5.74, 6) is -0.252. The molecule has 1 aromatic carbocycles. The van der Waals surface area contributed by atoms with Crippen molar-refractivity contribution in [1.82, 2.24) is 10.3 Å². The van der Waals surface area contributed by atoms with Crippen LogP contribution >= 0.6 is 27.3 Å². The first kappa shape index (κ1) is 12.7. The van der Waals surface area contributed by atoms with Crippen LogP contribution in [0, 0.1) is 5.82 Å². The minimum absolute atomic E-state index is 0.179. The van der Waals surface area contributed by atoms with E-state index >= 15 is 0 Å². The number of thiazole rings is 1. The fourth-order valence-electron chi connectivity index (χ4n) is 1.42. The predicted molar refractivity (Wildman–Crippen MR) is 72.7 cm³/mol. The van der Waals surface area contributed by atoms with Gasteiger partial charge in [-0.3, -0.25) is 0 Å². The number of nitrogens with zero attached hydrogens (tertiary/aromatic N) is 1. The maximum Gasteiger partial charge on any atom is 0.134 e. The largest absolute Gasteiger partial charge is 0.312 e. The summed E-state index contributed by atoms with van der Waals surface area (Å²) >= 11 is 4.70. The predicted octanol–water partition coefficient (Wildman–Crippen LogP) is 3.99. The number of hydrogen-bond acceptors (Lipinski definition) is 3. The van der Waals surface area contributed by atoms with Crippen LogP contribution in [-0.4, -0.2) is 12.0 Å². The van der Waals surface area contributed by atoms with E-state index in [-0.39, 0.29) is 11.9 Å². The van der Waals surface area contributed by atoms with E-state index in [1.54, 1.807) is 6.07 Å². The standard InChI is InChI=1S/C12H12BrFN2S/c1-7(15-2)11-6-17-12(16-11)9-4-3-8(13)5-10(9)14/h3-7,15H,1-2H3. The van der Waals surface area contributed by atoms with Crippen molar-refractivity contribution >= 4 is 27.3 Å². The first-order valence-electron chi connectivity index (χ1n) is 5.20. The van der Waals surface area contributed by atoms with Crippen molar-refractivity contribution in [2.45, 2.75) is 13.0 Å². The number of nitrogens with one attached hydrogen (secondary N) is 1. The van der Waals surface area contributed by atoms with Gasteiger partial charge in [0, 0.05) is 21.5 Å². The van der Waals surface area contributed by atoms with Crippen LogP contribution in [0.5, 0.6) is 0 Å². The van der Waals surface area contributed by atoms with Crippen molar-refractivity contribution in [3.05, 3.63) is 39.6 Å². The third-order valence-corrected chi connectivity index (χ3v) is 3.95. The van der Waals surface area contributed by atoms with Gasteiger partial charge in [0.25, 0.3) is 0 Å². The van der Waals surface area contributed by atoms with Gasteiger partial charge in [-0.05, 0) is 32.2 Å². The summed E-state index contributed by atoms with van der Waals surface area (Å²) in [6.07, 6.45) is 0. The Hall–Kier alpha value is -0.780. The van der Waals surface area contributed by atoms with Gasteiger partial charge in [0.05, 0.1) is 5.69 Å². The molecule has 1 N–H and O–H groups in total. The lowest BCUT2D eigenvalue weighted by Crippen LogP contribution is -2.12. The van der Waals surface area contributed by atoms with Gasteiger partial charge < -0.3 is 5.32 Å². The molecule has 2 nitrogen and oxygen atoms in total. The van der Waals surface area contributed by atoms with Crippen LogP contribution in [0.15, 0.2) is 28.1 Å². The van der Waals surface area contributed by atoms with Gasteiger partial charge in [-0.2, -0.15) is 0 Å². The van der Waals surface area contributed by atoms with E-state index in [1.807, 2.05) is 25.4 Å². The first-order chi connectivity index (χ1) is 8.11. The number of hydrogen-bond donors (Lipinski definition) is 1. The molecule has 0 bridgehead atoms. The molecule has 0 saturated heterocycles. The highest BCUT2D eigenvalue weighted by atomic mass is 79.9. The Bertz CT molecular complexity index is 527. The van der Waals surface area contributed by atoms with Gasteiger partial charge in [0.15, 0.2) is 0 Å². The van der Waals surface area contributed by atoms with Crippen LogP contribution in [-0.2, 0) is 0 Å². The summed E-state index contributed by atoms with van der Waals surface area (Å²) in [6.45, 7) is 2.02. The highest BCUT2D eigenvalue weighted by Crippen LogP contribution is 2.29. The summed E-state index contributed by atoms with van der Waals surface area (Å²) in [6, 6.07) is 5.20. The van der Waals surface area contributed by atoms with Crippen LogP contribution in [0.4, 0.5) is 4.39 Å². The quantitative estimate of drug-likeness (QED) is 0.926. The lowest BCUT2D eigenvalue weighted by molar-refractivity contribution is 0.627. The zero-order valence-electron chi connectivity index (χ0n) is 9.50. The molecular weight excluding hydrogens is 303 g/mol. The molecule has 0 spiro atoms. The van der Waals surface area contributed by atoms with Crippen LogP contribution < -0.4 is 5.32 Å². The van der Waals surface area contributed by atoms with Crippen LogP contribution in [0.2, 0.25) is 0 Å². The van der Waals surface area contributed by atoms with Gasteiger partial charge in [-0.15, -0.1) is 11.3 Å². The van der Waals surface area contributed by atoms with E-state index in [4.69, 9.17) is 0 Å². The lowest BCUT2D eigenvalue weighted by atomic mass is 10.2. The van der Waals surface area contributed by atoms with Crippen molar-refractivity contribution in [3.63, 3.8) is 0 Å². The summed E-state index contributed by atoms with van der Waals surface area (Å²) in [4.78, 5) is 4.44. The summed E-state index contributed by atoms with van der Waals surface area (Å²) in [5, 5.41) is 5.78. The highest BCUT2D eigenvalue weighted by molar-refractivity contribution is 9.10. The number of aromatic nitrogens is 1. The Morgan fingerprint density at radius 2 is 2.24 bits per heavy atom. The number of benzene rings is 1. The van der Waals surface area contributed by atoms with E-state index in [1.165, 1.54) is 17.4 Å². The third-order valence-electron chi connectivity index (χ3n) is 2.56. The first-order valence-corrected chi connectivity index (χ1v) is 6.87. The van der Waals surface area contributed by atoms with Crippen molar-refractivity contribution in [1.29, 1.82) is 0 Å². The topological polar surface area (TPSA) is 24.9 Å². The molecule has 0 aliphatic carbocycles. The molecule has 0 fully saturated rings. The summed E-state index contributed by atoms with van der Waals surface area (Å²) < 4.78 is 14.5. The van der Waals surface area contributed by atoms with E-state index in [0.717, 1.165) is 10.2 Å². The van der Waals surface area contributed by atoms with Gasteiger partial charge in [-0.1, -0.05) is 15.9 Å². The second-order valence-electron chi connectivity index (χ2n) is 3.71. The number of halogens is 2. The molecule has 17 heavy (non-hydrogen) atoms. The van der Waals surface area contributed by atoms with Crippen LogP contribution in [0.1, 0.15) is 18.7 Å². The SMILES string of the molecule is CNC(C)c1csc(-c2ccc(Br)cc2F)n1. The molecule has 1 unspecified atom stereocenters. The van der Waals surface area contributed by atoms with Crippen LogP contribution in [0.3, 0.4) is 0 Å². The van der Waals surface area contributed by atoms with Gasteiger partial charge in [0.1, 0.15) is 10.8 Å². The second-order valence-corrected chi connectivity index (χ2v) is 5.49. The fraction of sp³-hybridized carbons (Fsp3) is 0.250. The Morgan fingerprint density at radius 1 is 1.47 bits per heavy atom. The Labute approximate surface area is 112 Å². The molecule has 1 heterocycles. The zero-order valence-corrected chi connectivity index (χ0v) is 11.9. The lowest BCUT2D eigenvalue weighted by Gasteiger charge is -2.05. The summed E-state index contributed by atoms with van der Waals surface area (Å²) in [7, 11) is 1.88. The van der Waals surface area contributed by atoms with Crippen LogP contribution in [0.25, 0.3) is 10.6 Å². The Kier molecular flexibility index (Phi) is 3.91. The molecule has 1 atom stereocenters. The van der Waals surface area contributed by atoms with E-state index in [0.29, 0.717) is 10.6 Å². The van der Waals surface area contributed by atoms with Crippen molar-refractivity contribution < 1.29 is 4.39 Å². The molecule has 5 heteroatoms. The van der Waals surface area contributed by atoms with Crippen molar-refractivity contribution in [2.24, 2.45) is 0 Å². The molecule has 0 aliphatic rings. The monoisotopic (exact) mass is 314 g/mol. The molecule has 0 saturated carbocycles. The fourth-order valence-corrected chi connectivity index (χ4v) is 2.69. The molecule has 0 amide bonds. The highest BCUT2D eigenvalue weighted by Gasteiger charge is 2.12. The smallest absolute Gasteiger partial charge is 0.134 e. The minimum Gasteiger partial charge on any atom is -0.312 e. The molecule has 2 rings (SSSR count). The number of rotatable bonds is 3. The minimum atomic E-state index is -0.252. The molecular formula is C12H12BrFN2S. The summed E-state index contributed by atoms with van der Waals surface area (Å²) in [5.41, 5.74) is 1.49. The van der Waals surface area contributed by atoms with Gasteiger partial charge >= 0.3 is 0 Å². The molecule has 0 aliphatic heterocycles. The average molecular weight is 315 g/mol. The van der Waals surface area contributed by atoms with Gasteiger partial charge in [0.2, 0.25) is 0 Å². The van der Waals surface area contributed by atoms with Gasteiger partial charge in [-0.25, -0.2) is 9.37 Å². The maximum absolute atomic E-state index is 13.7. The van der Waals surface area contributed by atoms with Crippen molar-refractivity contribution in [2.75, 3.05) is 7.05 Å².